The van der Waals surface area contributed by atoms with Crippen molar-refractivity contribution in [3.05, 3.63) is 48.3 Å². The smallest absolute Gasteiger partial charge is 0.257 e. The zero-order valence-electron chi connectivity index (χ0n) is 12.2. The van der Waals surface area contributed by atoms with Crippen molar-refractivity contribution in [2.24, 2.45) is 0 Å². The molecule has 3 rings (SSSR count). The predicted octanol–water partition coefficient (Wildman–Crippen LogP) is 2.18. The average Bonchev–Trinajstić information content (AvgIpc) is 3.25. The minimum atomic E-state index is -0.439. The van der Waals surface area contributed by atoms with Crippen LogP contribution in [0.3, 0.4) is 0 Å². The van der Waals surface area contributed by atoms with Crippen molar-refractivity contribution in [3.63, 3.8) is 0 Å². The van der Waals surface area contributed by atoms with E-state index in [4.69, 9.17) is 8.83 Å². The van der Waals surface area contributed by atoms with Gasteiger partial charge in [0.1, 0.15) is 18.1 Å². The van der Waals surface area contributed by atoms with E-state index in [1.807, 2.05) is 0 Å². The Morgan fingerprint density at radius 2 is 2.18 bits per heavy atom. The highest BCUT2D eigenvalue weighted by molar-refractivity contribution is 5.97. The van der Waals surface area contributed by atoms with Crippen LogP contribution in [0.1, 0.15) is 35.4 Å². The Morgan fingerprint density at radius 3 is 2.91 bits per heavy atom. The first-order valence-corrected chi connectivity index (χ1v) is 7.39. The van der Waals surface area contributed by atoms with Crippen molar-refractivity contribution in [3.8, 4) is 0 Å². The summed E-state index contributed by atoms with van der Waals surface area (Å²) in [5.74, 6) is 0.386. The highest BCUT2D eigenvalue weighted by Gasteiger charge is 2.32. The van der Waals surface area contributed by atoms with Crippen molar-refractivity contribution in [2.45, 2.75) is 31.8 Å². The second kappa shape index (κ2) is 6.51. The molecule has 0 radical (unpaired) electrons. The highest BCUT2D eigenvalue weighted by Crippen LogP contribution is 2.20. The molecule has 1 aliphatic rings. The van der Waals surface area contributed by atoms with Crippen LogP contribution in [0.4, 0.5) is 0 Å². The summed E-state index contributed by atoms with van der Waals surface area (Å²) in [5, 5.41) is 2.83. The van der Waals surface area contributed by atoms with Crippen LogP contribution in [0.15, 0.2) is 45.8 Å². The lowest BCUT2D eigenvalue weighted by atomic mass is 10.0. The zero-order chi connectivity index (χ0) is 15.4. The molecule has 1 aliphatic heterocycles. The molecule has 3 heterocycles. The second-order valence-corrected chi connectivity index (χ2v) is 5.32. The number of piperidine rings is 1. The topological polar surface area (TPSA) is 75.7 Å². The first kappa shape index (κ1) is 14.4. The van der Waals surface area contributed by atoms with E-state index in [0.717, 1.165) is 12.8 Å². The summed E-state index contributed by atoms with van der Waals surface area (Å²) < 4.78 is 10.2. The van der Waals surface area contributed by atoms with E-state index in [0.29, 0.717) is 30.8 Å². The number of hydrogen-bond donors (Lipinski definition) is 1. The lowest BCUT2D eigenvalue weighted by Crippen LogP contribution is -2.51. The minimum absolute atomic E-state index is 0.145. The molecule has 0 spiro atoms. The Bertz CT molecular complexity index is 619. The summed E-state index contributed by atoms with van der Waals surface area (Å²) in [6.45, 7) is 0.916. The molecule has 22 heavy (non-hydrogen) atoms. The molecule has 2 aromatic heterocycles. The van der Waals surface area contributed by atoms with Gasteiger partial charge in [0.05, 0.1) is 24.6 Å². The molecular weight excluding hydrogens is 284 g/mol. The molecule has 116 valence electrons. The van der Waals surface area contributed by atoms with Gasteiger partial charge in [-0.3, -0.25) is 9.59 Å². The van der Waals surface area contributed by atoms with E-state index in [2.05, 4.69) is 5.32 Å². The van der Waals surface area contributed by atoms with Crippen LogP contribution in [0, 0.1) is 0 Å². The van der Waals surface area contributed by atoms with Crippen LogP contribution in [0.2, 0.25) is 0 Å². The van der Waals surface area contributed by atoms with Gasteiger partial charge in [-0.15, -0.1) is 0 Å². The van der Waals surface area contributed by atoms with Crippen molar-refractivity contribution in [1.82, 2.24) is 10.2 Å². The largest absolute Gasteiger partial charge is 0.472 e. The van der Waals surface area contributed by atoms with Gasteiger partial charge in [-0.1, -0.05) is 0 Å². The normalized spacial score (nSPS) is 18.2. The van der Waals surface area contributed by atoms with Gasteiger partial charge in [0.25, 0.3) is 5.91 Å². The van der Waals surface area contributed by atoms with E-state index in [1.54, 1.807) is 29.4 Å². The van der Waals surface area contributed by atoms with Crippen molar-refractivity contribution >= 4 is 11.8 Å². The van der Waals surface area contributed by atoms with Crippen LogP contribution in [-0.4, -0.2) is 29.3 Å². The van der Waals surface area contributed by atoms with Crippen LogP contribution in [0.5, 0.6) is 0 Å². The molecule has 0 aliphatic carbocycles. The molecule has 1 atom stereocenters. The number of amides is 2. The van der Waals surface area contributed by atoms with Gasteiger partial charge in [-0.2, -0.15) is 0 Å². The molecule has 6 nitrogen and oxygen atoms in total. The zero-order valence-corrected chi connectivity index (χ0v) is 12.2. The van der Waals surface area contributed by atoms with Gasteiger partial charge in [-0.05, 0) is 37.5 Å². The summed E-state index contributed by atoms with van der Waals surface area (Å²) in [5.41, 5.74) is 0.478. The number of carbonyl (C=O) groups excluding carboxylic acids is 2. The first-order chi connectivity index (χ1) is 10.8. The molecule has 1 N–H and O–H groups in total. The van der Waals surface area contributed by atoms with Crippen molar-refractivity contribution < 1.29 is 18.4 Å². The molecule has 1 fully saturated rings. The van der Waals surface area contributed by atoms with Gasteiger partial charge in [-0.25, -0.2) is 0 Å². The second-order valence-electron chi connectivity index (χ2n) is 5.32. The quantitative estimate of drug-likeness (QED) is 0.939. The monoisotopic (exact) mass is 302 g/mol. The number of nitrogens with zero attached hydrogens (tertiary/aromatic N) is 1. The number of nitrogens with one attached hydrogen (secondary N) is 1. The van der Waals surface area contributed by atoms with Crippen LogP contribution >= 0.6 is 0 Å². The van der Waals surface area contributed by atoms with Gasteiger partial charge in [0.15, 0.2) is 0 Å². The molecule has 6 heteroatoms. The van der Waals surface area contributed by atoms with Crippen LogP contribution in [0.25, 0.3) is 0 Å². The van der Waals surface area contributed by atoms with Crippen molar-refractivity contribution in [1.29, 1.82) is 0 Å². The number of hydrogen-bond acceptors (Lipinski definition) is 4. The highest BCUT2D eigenvalue weighted by atomic mass is 16.3. The number of carbonyl (C=O) groups is 2. The fourth-order valence-corrected chi connectivity index (χ4v) is 2.70. The van der Waals surface area contributed by atoms with Gasteiger partial charge >= 0.3 is 0 Å². The van der Waals surface area contributed by atoms with E-state index in [1.165, 1.54) is 12.5 Å². The Balaban J connectivity index is 1.66. The van der Waals surface area contributed by atoms with Crippen LogP contribution < -0.4 is 5.32 Å². The maximum Gasteiger partial charge on any atom is 0.257 e. The maximum atomic E-state index is 12.5. The molecule has 1 unspecified atom stereocenters. The third-order valence-corrected chi connectivity index (χ3v) is 3.85. The van der Waals surface area contributed by atoms with Gasteiger partial charge in [0.2, 0.25) is 5.91 Å². The summed E-state index contributed by atoms with van der Waals surface area (Å²) in [6, 6.07) is 4.76. The third kappa shape index (κ3) is 3.05. The minimum Gasteiger partial charge on any atom is -0.472 e. The summed E-state index contributed by atoms with van der Waals surface area (Å²) in [4.78, 5) is 26.5. The predicted molar refractivity (Wildman–Crippen MR) is 77.9 cm³/mol. The molecule has 0 saturated carbocycles. The van der Waals surface area contributed by atoms with Crippen LogP contribution in [-0.2, 0) is 11.3 Å². The lowest BCUT2D eigenvalue weighted by Gasteiger charge is -2.34. The average molecular weight is 302 g/mol. The first-order valence-electron chi connectivity index (χ1n) is 7.39. The molecular formula is C16H18N2O4. The molecule has 0 bridgehead atoms. The Morgan fingerprint density at radius 1 is 1.27 bits per heavy atom. The van der Waals surface area contributed by atoms with Gasteiger partial charge < -0.3 is 19.1 Å². The maximum absolute atomic E-state index is 12.5. The van der Waals surface area contributed by atoms with E-state index >= 15 is 0 Å². The third-order valence-electron chi connectivity index (χ3n) is 3.85. The fraction of sp³-hybridized carbons (Fsp3) is 0.375. The summed E-state index contributed by atoms with van der Waals surface area (Å²) in [7, 11) is 0. The Labute approximate surface area is 128 Å². The molecule has 0 aromatic carbocycles. The molecule has 2 aromatic rings. The summed E-state index contributed by atoms with van der Waals surface area (Å²) >= 11 is 0. The van der Waals surface area contributed by atoms with E-state index in [-0.39, 0.29) is 11.8 Å². The number of rotatable bonds is 4. The SMILES string of the molecule is O=C(NCc1ccco1)C1CCCCN1C(=O)c1ccoc1. The van der Waals surface area contributed by atoms with Crippen molar-refractivity contribution in [2.75, 3.05) is 6.54 Å². The summed E-state index contributed by atoms with van der Waals surface area (Å²) in [6.07, 6.45) is 6.96. The van der Waals surface area contributed by atoms with Gasteiger partial charge in [0, 0.05) is 6.54 Å². The number of furan rings is 2. The van der Waals surface area contributed by atoms with E-state index < -0.39 is 6.04 Å². The lowest BCUT2D eigenvalue weighted by molar-refractivity contribution is -0.126. The Kier molecular flexibility index (Phi) is 4.27. The standard InChI is InChI=1S/C16H18N2O4/c19-15(17-10-13-4-3-8-22-13)14-5-1-2-7-18(14)16(20)12-6-9-21-11-12/h3-4,6,8-9,11,14H,1-2,5,7,10H2,(H,17,19). The Hall–Kier alpha value is -2.50. The van der Waals surface area contributed by atoms with E-state index in [9.17, 15) is 9.59 Å². The molecule has 1 saturated heterocycles. The molecule has 2 amide bonds. The fourth-order valence-electron chi connectivity index (χ4n) is 2.70. The number of likely N-dealkylation sites (tertiary alicyclic amines) is 1.